The first-order valence-corrected chi connectivity index (χ1v) is 7.28. The molecule has 0 saturated heterocycles. The molecule has 0 radical (unpaired) electrons. The smallest absolute Gasteiger partial charge is 0.303 e. The van der Waals surface area contributed by atoms with Crippen LogP contribution in [0.2, 0.25) is 0 Å². The van der Waals surface area contributed by atoms with Crippen molar-refractivity contribution in [2.45, 2.75) is 51.5 Å². The number of carboxylic acids is 1. The van der Waals surface area contributed by atoms with Crippen LogP contribution in [0.1, 0.15) is 54.2 Å². The van der Waals surface area contributed by atoms with Crippen LogP contribution in [-0.4, -0.2) is 28.0 Å². The van der Waals surface area contributed by atoms with Gasteiger partial charge in [0.2, 0.25) is 0 Å². The van der Waals surface area contributed by atoms with Crippen LogP contribution in [0.5, 0.6) is 0 Å². The number of nitrogens with zero attached hydrogens (tertiary/aromatic N) is 1. The van der Waals surface area contributed by atoms with Gasteiger partial charge >= 0.3 is 5.97 Å². The molecule has 1 atom stereocenters. The molecule has 1 amide bonds. The lowest BCUT2D eigenvalue weighted by molar-refractivity contribution is -0.137. The van der Waals surface area contributed by atoms with Crippen LogP contribution in [0.25, 0.3) is 0 Å². The van der Waals surface area contributed by atoms with E-state index in [1.54, 1.807) is 0 Å². The van der Waals surface area contributed by atoms with E-state index in [1.807, 2.05) is 13.0 Å². The number of anilines is 1. The molecule has 6 nitrogen and oxygen atoms in total. The topological polar surface area (TPSA) is 105 Å². The zero-order chi connectivity index (χ0) is 15.4. The molecule has 0 spiro atoms. The zero-order valence-electron chi connectivity index (χ0n) is 12.2. The summed E-state index contributed by atoms with van der Waals surface area (Å²) >= 11 is 0. The Morgan fingerprint density at radius 3 is 2.81 bits per heavy atom. The highest BCUT2D eigenvalue weighted by Crippen LogP contribution is 2.25. The Bertz CT molecular complexity index is 557. The number of hydrogen-bond donors (Lipinski definition) is 3. The summed E-state index contributed by atoms with van der Waals surface area (Å²) in [5, 5.41) is 11.8. The summed E-state index contributed by atoms with van der Waals surface area (Å²) in [6, 6.07) is 1.74. The SMILES string of the molecule is CC(CCC(=O)O)Nc1nc2c(cc1C(N)=O)CCCC2. The van der Waals surface area contributed by atoms with Crippen molar-refractivity contribution in [3.8, 4) is 0 Å². The Hall–Kier alpha value is -2.11. The van der Waals surface area contributed by atoms with Crippen molar-refractivity contribution in [2.24, 2.45) is 5.73 Å². The summed E-state index contributed by atoms with van der Waals surface area (Å²) in [7, 11) is 0. The maximum absolute atomic E-state index is 11.6. The van der Waals surface area contributed by atoms with Crippen molar-refractivity contribution < 1.29 is 14.7 Å². The largest absolute Gasteiger partial charge is 0.481 e. The van der Waals surface area contributed by atoms with E-state index < -0.39 is 11.9 Å². The van der Waals surface area contributed by atoms with Gasteiger partial charge in [0.1, 0.15) is 5.82 Å². The van der Waals surface area contributed by atoms with Crippen LogP contribution in [0.4, 0.5) is 5.82 Å². The molecule has 0 saturated carbocycles. The summed E-state index contributed by atoms with van der Waals surface area (Å²) in [4.78, 5) is 26.8. The van der Waals surface area contributed by atoms with E-state index in [2.05, 4.69) is 10.3 Å². The van der Waals surface area contributed by atoms with E-state index >= 15 is 0 Å². The summed E-state index contributed by atoms with van der Waals surface area (Å²) in [6.07, 6.45) is 4.58. The van der Waals surface area contributed by atoms with Crippen molar-refractivity contribution in [2.75, 3.05) is 5.32 Å². The molecule has 1 aliphatic carbocycles. The van der Waals surface area contributed by atoms with Gasteiger partial charge in [-0.1, -0.05) is 0 Å². The minimum absolute atomic E-state index is 0.0744. The lowest BCUT2D eigenvalue weighted by atomic mass is 9.94. The number of aryl methyl sites for hydroxylation is 2. The number of hydrogen-bond acceptors (Lipinski definition) is 4. The summed E-state index contributed by atoms with van der Waals surface area (Å²) in [5.41, 5.74) is 7.93. The lowest BCUT2D eigenvalue weighted by Crippen LogP contribution is -2.23. The van der Waals surface area contributed by atoms with E-state index in [0.29, 0.717) is 17.8 Å². The highest BCUT2D eigenvalue weighted by Gasteiger charge is 2.19. The van der Waals surface area contributed by atoms with E-state index in [0.717, 1.165) is 36.9 Å². The Morgan fingerprint density at radius 2 is 2.14 bits per heavy atom. The van der Waals surface area contributed by atoms with Crippen molar-refractivity contribution in [3.63, 3.8) is 0 Å². The first kappa shape index (κ1) is 15.3. The van der Waals surface area contributed by atoms with Gasteiger partial charge in [-0.25, -0.2) is 4.98 Å². The van der Waals surface area contributed by atoms with Crippen molar-refractivity contribution in [3.05, 3.63) is 22.9 Å². The maximum atomic E-state index is 11.6. The normalized spacial score (nSPS) is 15.1. The van der Waals surface area contributed by atoms with Gasteiger partial charge in [0.25, 0.3) is 5.91 Å². The molecule has 1 aromatic heterocycles. The quantitative estimate of drug-likeness (QED) is 0.740. The van der Waals surface area contributed by atoms with Crippen LogP contribution in [0.3, 0.4) is 0 Å². The summed E-state index contributed by atoms with van der Waals surface area (Å²) in [5.74, 6) is -0.873. The fourth-order valence-electron chi connectivity index (χ4n) is 2.58. The molecule has 6 heteroatoms. The number of nitrogens with one attached hydrogen (secondary N) is 1. The van der Waals surface area contributed by atoms with E-state index in [4.69, 9.17) is 10.8 Å². The average molecular weight is 291 g/mol. The molecule has 1 heterocycles. The first-order valence-electron chi connectivity index (χ1n) is 7.28. The minimum Gasteiger partial charge on any atom is -0.481 e. The Labute approximate surface area is 123 Å². The van der Waals surface area contributed by atoms with Crippen LogP contribution in [0, 0.1) is 0 Å². The molecule has 2 rings (SSSR count). The lowest BCUT2D eigenvalue weighted by Gasteiger charge is -2.20. The second-order valence-corrected chi connectivity index (χ2v) is 5.54. The number of rotatable bonds is 6. The van der Waals surface area contributed by atoms with Crippen LogP contribution in [-0.2, 0) is 17.6 Å². The number of fused-ring (bicyclic) bond motifs is 1. The predicted octanol–water partition coefficient (Wildman–Crippen LogP) is 1.72. The van der Waals surface area contributed by atoms with Crippen LogP contribution in [0.15, 0.2) is 6.07 Å². The number of amides is 1. The molecule has 0 aromatic carbocycles. The first-order chi connectivity index (χ1) is 9.97. The van der Waals surface area contributed by atoms with Crippen molar-refractivity contribution >= 4 is 17.7 Å². The highest BCUT2D eigenvalue weighted by molar-refractivity contribution is 5.97. The van der Waals surface area contributed by atoms with Gasteiger partial charge in [-0.15, -0.1) is 0 Å². The molecule has 1 aromatic rings. The van der Waals surface area contributed by atoms with Crippen LogP contribution >= 0.6 is 0 Å². The average Bonchev–Trinajstić information content (AvgIpc) is 2.44. The minimum atomic E-state index is -0.836. The van der Waals surface area contributed by atoms with Gasteiger partial charge in [0.05, 0.1) is 5.56 Å². The second kappa shape index (κ2) is 6.56. The highest BCUT2D eigenvalue weighted by atomic mass is 16.4. The molecule has 0 bridgehead atoms. The van der Waals surface area contributed by atoms with Gasteiger partial charge in [0, 0.05) is 18.2 Å². The number of aliphatic carboxylic acids is 1. The molecule has 4 N–H and O–H groups in total. The van der Waals surface area contributed by atoms with Crippen molar-refractivity contribution in [1.82, 2.24) is 4.98 Å². The molecule has 0 aliphatic heterocycles. The Morgan fingerprint density at radius 1 is 1.43 bits per heavy atom. The number of aromatic nitrogens is 1. The number of carboxylic acid groups (broad SMARTS) is 1. The standard InChI is InChI=1S/C15H21N3O3/c1-9(6-7-13(19)20)17-15-11(14(16)21)8-10-4-2-3-5-12(10)18-15/h8-9H,2-7H2,1H3,(H2,16,21)(H,17,18)(H,19,20). The van der Waals surface area contributed by atoms with E-state index in [-0.39, 0.29) is 12.5 Å². The number of primary amides is 1. The summed E-state index contributed by atoms with van der Waals surface area (Å²) < 4.78 is 0. The number of carbonyl (C=O) groups excluding carboxylic acids is 1. The molecule has 114 valence electrons. The second-order valence-electron chi connectivity index (χ2n) is 5.54. The summed E-state index contributed by atoms with van der Waals surface area (Å²) in [6.45, 7) is 1.87. The fraction of sp³-hybridized carbons (Fsp3) is 0.533. The molecule has 21 heavy (non-hydrogen) atoms. The Kier molecular flexibility index (Phi) is 4.77. The molecule has 0 fully saturated rings. The van der Waals surface area contributed by atoms with Gasteiger partial charge < -0.3 is 16.2 Å². The fourth-order valence-corrected chi connectivity index (χ4v) is 2.58. The number of nitrogens with two attached hydrogens (primary N) is 1. The number of pyridine rings is 1. The van der Waals surface area contributed by atoms with Gasteiger partial charge in [-0.05, 0) is 50.7 Å². The molecular formula is C15H21N3O3. The molecule has 1 aliphatic rings. The molecule has 1 unspecified atom stereocenters. The maximum Gasteiger partial charge on any atom is 0.303 e. The van der Waals surface area contributed by atoms with Crippen LogP contribution < -0.4 is 11.1 Å². The van der Waals surface area contributed by atoms with Gasteiger partial charge in [0.15, 0.2) is 0 Å². The zero-order valence-corrected chi connectivity index (χ0v) is 12.2. The third-order valence-electron chi connectivity index (χ3n) is 3.74. The number of carbonyl (C=O) groups is 2. The third-order valence-corrected chi connectivity index (χ3v) is 3.74. The van der Waals surface area contributed by atoms with E-state index in [1.165, 1.54) is 0 Å². The predicted molar refractivity (Wildman–Crippen MR) is 79.4 cm³/mol. The Balaban J connectivity index is 2.20. The monoisotopic (exact) mass is 291 g/mol. The third kappa shape index (κ3) is 3.93. The van der Waals surface area contributed by atoms with Crippen molar-refractivity contribution in [1.29, 1.82) is 0 Å². The molecular weight excluding hydrogens is 270 g/mol. The van der Waals surface area contributed by atoms with Gasteiger partial charge in [-0.2, -0.15) is 0 Å². The van der Waals surface area contributed by atoms with Gasteiger partial charge in [-0.3, -0.25) is 9.59 Å². The van der Waals surface area contributed by atoms with E-state index in [9.17, 15) is 9.59 Å².